The average molecular weight is 1050 g/mol. The molecule has 0 amide bonds. The number of nitrogens with one attached hydrogen (secondary N) is 2. The Labute approximate surface area is 432 Å². The molecule has 10 rings (SSSR count). The highest BCUT2D eigenvalue weighted by molar-refractivity contribution is 5.84. The van der Waals surface area contributed by atoms with E-state index in [1.54, 1.807) is 24.3 Å². The molecule has 0 spiro atoms. The average Bonchev–Trinajstić information content (AvgIpc) is 4.19. The minimum atomic E-state index is -1.67. The lowest BCUT2D eigenvalue weighted by atomic mass is 9.97. The number of aryl methyl sites for hydroxylation is 2. The highest BCUT2D eigenvalue weighted by Gasteiger charge is 2.46. The van der Waals surface area contributed by atoms with E-state index in [0.717, 1.165) is 21.8 Å². The summed E-state index contributed by atoms with van der Waals surface area (Å²) in [6.07, 6.45) is -11.1. The summed E-state index contributed by atoms with van der Waals surface area (Å²) in [5.74, 6) is -0.0915. The highest BCUT2D eigenvalue weighted by atomic mass is 16.7. The molecule has 0 aliphatic carbocycles. The lowest BCUT2D eigenvalue weighted by Crippen LogP contribution is -2.60. The van der Waals surface area contributed by atoms with Crippen molar-refractivity contribution in [1.29, 1.82) is 0 Å². The number of phenols is 2. The summed E-state index contributed by atoms with van der Waals surface area (Å²) in [5, 5.41) is 117. The number of aromatic hydroxyl groups is 2. The van der Waals surface area contributed by atoms with Crippen LogP contribution in [0.15, 0.2) is 94.8 Å². The number of fused-ring (bicyclic) bond motifs is 2. The predicted octanol–water partition coefficient (Wildman–Crippen LogP) is 1.45. The second-order valence-electron chi connectivity index (χ2n) is 19.5. The number of nitrogens with zero attached hydrogens (tertiary/aromatic N) is 6. The molecule has 6 heterocycles. The third kappa shape index (κ3) is 9.86. The van der Waals surface area contributed by atoms with Crippen molar-refractivity contribution >= 4 is 21.8 Å². The van der Waals surface area contributed by atoms with Gasteiger partial charge in [-0.2, -0.15) is 10.2 Å². The van der Waals surface area contributed by atoms with Crippen LogP contribution in [0.25, 0.3) is 56.0 Å². The lowest BCUT2D eigenvalue weighted by molar-refractivity contribution is -0.277. The number of hydrogen-bond donors (Lipinski definition) is 12. The number of aromatic nitrogens is 8. The summed E-state index contributed by atoms with van der Waals surface area (Å²) in [7, 11) is 3.85. The normalized spacial score (nSPS) is 23.8. The van der Waals surface area contributed by atoms with E-state index in [1.807, 2.05) is 99.7 Å². The maximum absolute atomic E-state index is 13.0. The maximum Gasteiger partial charge on any atom is 0.348 e. The van der Waals surface area contributed by atoms with Crippen LogP contribution in [0, 0.1) is 0 Å². The molecule has 8 aromatic rings. The summed E-state index contributed by atoms with van der Waals surface area (Å²) in [4.78, 5) is 25.7. The van der Waals surface area contributed by atoms with Crippen LogP contribution in [0.1, 0.15) is 50.7 Å². The maximum atomic E-state index is 13.0. The molecule has 4 aromatic carbocycles. The smallest absolute Gasteiger partial charge is 0.348 e. The van der Waals surface area contributed by atoms with E-state index < -0.39 is 86.0 Å². The van der Waals surface area contributed by atoms with Crippen LogP contribution in [0.2, 0.25) is 0 Å². The first-order valence-electron chi connectivity index (χ1n) is 24.4. The Morgan fingerprint density at radius 3 is 1.45 bits per heavy atom. The standard InChI is InChI=1S/2C26H30N4O8/c1-12(2)15-9-16(18(32)10-19(15)37-25-23(35)22(34)21(33)20(11-31)38-25)24-27-28-26(36)30(24)14-4-5-17-13(8-14)6-7-29(17)3;1-12(2)15-9-16(19(10-18(15)32)37-25-23(35)22(34)21(33)20(11-31)38-25)24-27-28-26(36)30(24)14-4-5-17-13(8-14)6-7-29(17)3/h2*4-10,12,20-23,25,31-35H,11H2,1-3H3,(H,28,36)/t20-,21+,22+,23-,25-;20-,21+,22+,23-,25?/m11/s1. The van der Waals surface area contributed by atoms with E-state index in [2.05, 4.69) is 20.4 Å². The van der Waals surface area contributed by atoms with Gasteiger partial charge in [0.25, 0.3) is 0 Å². The molecule has 404 valence electrons. The Bertz CT molecular complexity index is 3500. The molecule has 24 nitrogen and oxygen atoms in total. The predicted molar refractivity (Wildman–Crippen MR) is 272 cm³/mol. The van der Waals surface area contributed by atoms with Crippen LogP contribution in [-0.4, -0.2) is 164 Å². The molecule has 2 fully saturated rings. The fourth-order valence-corrected chi connectivity index (χ4v) is 9.47. The van der Waals surface area contributed by atoms with Gasteiger partial charge in [-0.05, 0) is 83.6 Å². The number of aliphatic hydroxyl groups excluding tert-OH is 8. The fraction of sp³-hybridized carbons (Fsp3) is 0.385. The zero-order chi connectivity index (χ0) is 54.6. The minimum Gasteiger partial charge on any atom is -0.508 e. The Hall–Kier alpha value is -7.36. The van der Waals surface area contributed by atoms with Crippen LogP contribution in [-0.2, 0) is 23.6 Å². The topological polar surface area (TPSA) is 350 Å². The SMILES string of the molecule is CC(C)c1cc(-c2n[nH]c(=O)n2-c2ccc3c(ccn3C)c2)c(O)cc1O[C@@H]1O[C@H](CO)[C@H](O)[C@H](O)[C@H]1O.CC(C)c1cc(-c2n[nH]c(=O)n2-c2ccc3c(ccn3C)c2)c(OC2O[C@H](CO)[C@H](O)[C@H](O)[C@H]2O)cc1O. The fourth-order valence-electron chi connectivity index (χ4n) is 9.47. The van der Waals surface area contributed by atoms with Gasteiger partial charge in [-0.1, -0.05) is 27.7 Å². The summed E-state index contributed by atoms with van der Waals surface area (Å²) in [6.45, 7) is 6.32. The van der Waals surface area contributed by atoms with Crippen molar-refractivity contribution in [2.45, 2.75) is 101 Å². The summed E-state index contributed by atoms with van der Waals surface area (Å²) in [5.41, 5.74) is 3.79. The van der Waals surface area contributed by atoms with Crippen molar-refractivity contribution in [1.82, 2.24) is 38.7 Å². The molecule has 10 atom stereocenters. The van der Waals surface area contributed by atoms with E-state index in [1.165, 1.54) is 21.3 Å². The minimum absolute atomic E-state index is 0.00253. The first-order chi connectivity index (χ1) is 36.2. The van der Waals surface area contributed by atoms with Gasteiger partial charge in [0.1, 0.15) is 71.8 Å². The van der Waals surface area contributed by atoms with Gasteiger partial charge in [-0.3, -0.25) is 0 Å². The quantitative estimate of drug-likeness (QED) is 0.0824. The van der Waals surface area contributed by atoms with Crippen molar-refractivity contribution in [2.24, 2.45) is 14.1 Å². The van der Waals surface area contributed by atoms with Crippen LogP contribution in [0.5, 0.6) is 23.0 Å². The van der Waals surface area contributed by atoms with Crippen LogP contribution in [0.3, 0.4) is 0 Å². The molecule has 0 radical (unpaired) electrons. The van der Waals surface area contributed by atoms with E-state index in [9.17, 15) is 60.7 Å². The monoisotopic (exact) mass is 1050 g/mol. The van der Waals surface area contributed by atoms with Gasteiger partial charge in [-0.15, -0.1) is 0 Å². The van der Waals surface area contributed by atoms with Gasteiger partial charge in [0.05, 0.1) is 35.7 Å². The molecule has 2 saturated heterocycles. The molecule has 2 aliphatic rings. The Kier molecular flexibility index (Phi) is 15.0. The molecular weight excluding hydrogens is 993 g/mol. The van der Waals surface area contributed by atoms with Gasteiger partial charge in [0, 0.05) is 60.4 Å². The molecule has 24 heteroatoms. The van der Waals surface area contributed by atoms with Crippen molar-refractivity contribution in [3.05, 3.63) is 117 Å². The van der Waals surface area contributed by atoms with Crippen LogP contribution >= 0.6 is 0 Å². The van der Waals surface area contributed by atoms with Gasteiger partial charge < -0.3 is 79.1 Å². The van der Waals surface area contributed by atoms with Gasteiger partial charge in [-0.25, -0.2) is 28.9 Å². The Morgan fingerprint density at radius 2 is 0.987 bits per heavy atom. The largest absolute Gasteiger partial charge is 0.508 e. The number of ether oxygens (including phenoxy) is 4. The second kappa shape index (κ2) is 21.3. The Morgan fingerprint density at radius 1 is 0.553 bits per heavy atom. The van der Waals surface area contributed by atoms with Gasteiger partial charge in [0.15, 0.2) is 11.6 Å². The number of benzene rings is 4. The van der Waals surface area contributed by atoms with Gasteiger partial charge >= 0.3 is 11.4 Å². The number of hydrogen-bond acceptors (Lipinski definition) is 18. The summed E-state index contributed by atoms with van der Waals surface area (Å²) < 4.78 is 29.4. The van der Waals surface area contributed by atoms with E-state index in [0.29, 0.717) is 28.1 Å². The Balaban J connectivity index is 0.000000186. The molecule has 4 aromatic heterocycles. The first kappa shape index (κ1) is 53.5. The zero-order valence-corrected chi connectivity index (χ0v) is 42.0. The van der Waals surface area contributed by atoms with Crippen molar-refractivity contribution in [3.8, 4) is 57.1 Å². The third-order valence-electron chi connectivity index (χ3n) is 13.8. The van der Waals surface area contributed by atoms with E-state index in [4.69, 9.17) is 18.9 Å². The number of phenolic OH excluding ortho intramolecular Hbond substituents is 2. The van der Waals surface area contributed by atoms with Crippen molar-refractivity contribution in [2.75, 3.05) is 13.2 Å². The summed E-state index contributed by atoms with van der Waals surface area (Å²) >= 11 is 0. The van der Waals surface area contributed by atoms with Crippen molar-refractivity contribution in [3.63, 3.8) is 0 Å². The molecule has 76 heavy (non-hydrogen) atoms. The van der Waals surface area contributed by atoms with Crippen molar-refractivity contribution < 1.29 is 70.0 Å². The third-order valence-corrected chi connectivity index (χ3v) is 13.8. The molecule has 0 bridgehead atoms. The van der Waals surface area contributed by atoms with Crippen LogP contribution in [0.4, 0.5) is 0 Å². The number of aliphatic hydroxyl groups is 8. The van der Waals surface area contributed by atoms with Crippen LogP contribution < -0.4 is 20.9 Å². The van der Waals surface area contributed by atoms with Gasteiger partial charge in [0.2, 0.25) is 12.6 Å². The zero-order valence-electron chi connectivity index (χ0n) is 42.0. The second-order valence-corrected chi connectivity index (χ2v) is 19.5. The lowest BCUT2D eigenvalue weighted by Gasteiger charge is -2.39. The molecule has 1 unspecified atom stereocenters. The molecule has 12 N–H and O–H groups in total. The summed E-state index contributed by atoms with van der Waals surface area (Å²) in [6, 6.07) is 20.8. The molecule has 0 saturated carbocycles. The molecule has 2 aliphatic heterocycles. The van der Waals surface area contributed by atoms with E-state index in [-0.39, 0.29) is 52.0 Å². The number of aromatic amines is 2. The van der Waals surface area contributed by atoms with E-state index >= 15 is 0 Å². The molecular formula is C52H60N8O16. The first-order valence-corrected chi connectivity index (χ1v) is 24.4. The highest BCUT2D eigenvalue weighted by Crippen LogP contribution is 2.42. The number of rotatable bonds is 12. The number of H-pyrrole nitrogens is 2.